The molecule has 2 rings (SSSR count). The average molecular weight is 357 g/mol. The molecule has 1 saturated heterocycles. The van der Waals surface area contributed by atoms with Crippen molar-refractivity contribution >= 4 is 4.97 Å². The van der Waals surface area contributed by atoms with Crippen LogP contribution in [0.1, 0.15) is 33.3 Å². The van der Waals surface area contributed by atoms with Crippen molar-refractivity contribution in [3.8, 4) is 6.07 Å². The first-order valence-corrected chi connectivity index (χ1v) is 8.01. The van der Waals surface area contributed by atoms with E-state index in [0.717, 1.165) is 3.57 Å². The van der Waals surface area contributed by atoms with E-state index in [0.29, 0.717) is 5.56 Å². The maximum atomic E-state index is 8.85. The first kappa shape index (κ1) is 13.8. The van der Waals surface area contributed by atoms with Gasteiger partial charge in [-0.05, 0) is 0 Å². The van der Waals surface area contributed by atoms with E-state index < -0.39 is 21.0 Å². The van der Waals surface area contributed by atoms with Crippen LogP contribution in [0.3, 0.4) is 0 Å². The summed E-state index contributed by atoms with van der Waals surface area (Å²) in [4.78, 5) is 3.89. The van der Waals surface area contributed by atoms with Crippen LogP contribution in [-0.4, -0.2) is 21.2 Å². The zero-order chi connectivity index (χ0) is 13.4. The Labute approximate surface area is 118 Å². The zero-order valence-corrected chi connectivity index (χ0v) is 13.1. The fraction of sp³-hybridized carbons (Fsp3) is 0.500. The molecule has 0 atom stereocenters. The third-order valence-electron chi connectivity index (χ3n) is 3.27. The van der Waals surface area contributed by atoms with Crippen molar-refractivity contribution in [3.05, 3.63) is 27.6 Å². The molecule has 96 valence electrons. The van der Waals surface area contributed by atoms with Crippen LogP contribution in [-0.2, 0) is 9.31 Å². The second-order valence-corrected chi connectivity index (χ2v) is 8.03. The minimum atomic E-state index is -0.477. The second-order valence-electron chi connectivity index (χ2n) is 5.14. The molecule has 1 aromatic rings. The van der Waals surface area contributed by atoms with Crippen molar-refractivity contribution in [1.82, 2.24) is 4.98 Å². The number of rotatable bonds is 2. The summed E-state index contributed by atoms with van der Waals surface area (Å²) in [5, 5.41) is 8.85. The van der Waals surface area contributed by atoms with Crippen molar-refractivity contribution < 1.29 is 30.3 Å². The molecule has 6 heteroatoms. The molecule has 0 unspecified atom stereocenters. The number of aromatic nitrogens is 1. The first-order valence-electron chi connectivity index (χ1n) is 5.68. The van der Waals surface area contributed by atoms with Gasteiger partial charge in [-0.15, -0.1) is 0 Å². The molecule has 0 bridgehead atoms. The molecule has 1 aromatic heterocycles. The molecule has 0 aromatic carbocycles. The maximum absolute atomic E-state index is 8.85. The van der Waals surface area contributed by atoms with Crippen molar-refractivity contribution in [3.63, 3.8) is 0 Å². The van der Waals surface area contributed by atoms with E-state index in [1.807, 2.05) is 33.8 Å². The van der Waals surface area contributed by atoms with E-state index in [4.69, 9.17) is 14.6 Å². The molecule has 1 fully saturated rings. The Balaban J connectivity index is 2.10. The Bertz CT molecular complexity index is 483. The summed E-state index contributed by atoms with van der Waals surface area (Å²) in [5.74, 6) is 0. The van der Waals surface area contributed by atoms with Gasteiger partial charge in [-0.25, -0.2) is 0 Å². The van der Waals surface area contributed by atoms with E-state index in [2.05, 4.69) is 11.1 Å². The molecule has 1 aliphatic rings. The quantitative estimate of drug-likeness (QED) is 0.493. The van der Waals surface area contributed by atoms with Crippen LogP contribution in [0.15, 0.2) is 18.5 Å². The van der Waals surface area contributed by atoms with Crippen molar-refractivity contribution in [2.45, 2.75) is 38.9 Å². The van der Waals surface area contributed by atoms with Gasteiger partial charge >= 0.3 is 118 Å². The van der Waals surface area contributed by atoms with Gasteiger partial charge in [0.25, 0.3) is 0 Å². The molecular formula is C12H15BIN2O2-. The predicted octanol–water partition coefficient (Wildman–Crippen LogP) is -1.20. The van der Waals surface area contributed by atoms with Crippen LogP contribution in [0, 0.1) is 14.9 Å². The third kappa shape index (κ3) is 2.68. The van der Waals surface area contributed by atoms with Gasteiger partial charge in [-0.2, -0.15) is 0 Å². The molecule has 0 N–H and O–H groups in total. The van der Waals surface area contributed by atoms with Crippen molar-refractivity contribution in [2.75, 3.05) is 0 Å². The molecule has 0 aliphatic carbocycles. The molecule has 0 radical (unpaired) electrons. The molecular weight excluding hydrogens is 342 g/mol. The van der Waals surface area contributed by atoms with Gasteiger partial charge < -0.3 is 0 Å². The number of hydrogen-bond donors (Lipinski definition) is 0. The fourth-order valence-corrected chi connectivity index (χ4v) is 4.40. The third-order valence-corrected chi connectivity index (χ3v) is 5.60. The fourth-order valence-electron chi connectivity index (χ4n) is 1.45. The Kier molecular flexibility index (Phi) is 3.67. The minimum absolute atomic E-state index is 0.176. The van der Waals surface area contributed by atoms with Gasteiger partial charge in [-0.3, -0.25) is 0 Å². The molecule has 0 spiro atoms. The van der Waals surface area contributed by atoms with Gasteiger partial charge in [-0.1, -0.05) is 0 Å². The SMILES string of the molecule is CC1(C)OB([I-]c2cncc(C#N)c2)OC1(C)C. The standard InChI is InChI=1S/C12H15BIN2O2/c1-11(2)12(3,4)18-13(17-11)14-10-5-9(6-15)7-16-8-10/h5,7-8H,1-4H3/q-1. The molecule has 4 nitrogen and oxygen atoms in total. The monoisotopic (exact) mass is 357 g/mol. The average Bonchev–Trinajstić information content (AvgIpc) is 2.47. The molecule has 1 aliphatic heterocycles. The Morgan fingerprint density at radius 2 is 1.83 bits per heavy atom. The van der Waals surface area contributed by atoms with Crippen LogP contribution in [0.25, 0.3) is 0 Å². The Hall–Kier alpha value is -0.645. The number of pyridine rings is 1. The normalized spacial score (nSPS) is 20.9. The van der Waals surface area contributed by atoms with Gasteiger partial charge in [0, 0.05) is 0 Å². The summed E-state index contributed by atoms with van der Waals surface area (Å²) in [6.07, 6.45) is 3.36. The summed E-state index contributed by atoms with van der Waals surface area (Å²) in [5.41, 5.74) is -0.00121. The first-order chi connectivity index (χ1) is 8.34. The Morgan fingerprint density at radius 1 is 1.22 bits per heavy atom. The van der Waals surface area contributed by atoms with Crippen LogP contribution < -0.4 is 21.0 Å². The summed E-state index contributed by atoms with van der Waals surface area (Å²) in [6, 6.07) is 3.96. The van der Waals surface area contributed by atoms with Gasteiger partial charge in [0.05, 0.1) is 0 Å². The van der Waals surface area contributed by atoms with E-state index >= 15 is 0 Å². The van der Waals surface area contributed by atoms with E-state index in [9.17, 15) is 0 Å². The van der Waals surface area contributed by atoms with Gasteiger partial charge in [0.2, 0.25) is 0 Å². The molecule has 2 heterocycles. The summed E-state index contributed by atoms with van der Waals surface area (Å²) in [7, 11) is 0. The molecule has 18 heavy (non-hydrogen) atoms. The Morgan fingerprint density at radius 3 is 2.39 bits per heavy atom. The van der Waals surface area contributed by atoms with Crippen LogP contribution >= 0.6 is 0 Å². The van der Waals surface area contributed by atoms with Gasteiger partial charge in [0.1, 0.15) is 0 Å². The summed E-state index contributed by atoms with van der Waals surface area (Å²) in [6.45, 7) is 8.17. The van der Waals surface area contributed by atoms with Crippen LogP contribution in [0.2, 0.25) is 0 Å². The number of halogens is 1. The van der Waals surface area contributed by atoms with E-state index in [1.54, 1.807) is 12.4 Å². The van der Waals surface area contributed by atoms with Gasteiger partial charge in [0.15, 0.2) is 0 Å². The van der Waals surface area contributed by atoms with Crippen molar-refractivity contribution in [1.29, 1.82) is 5.26 Å². The molecule has 0 amide bonds. The summed E-state index contributed by atoms with van der Waals surface area (Å²) < 4.78 is 13.0. The van der Waals surface area contributed by atoms with Crippen LogP contribution in [0.5, 0.6) is 0 Å². The number of nitrogens with zero attached hydrogens (tertiary/aromatic N) is 2. The number of hydrogen-bond acceptors (Lipinski definition) is 4. The topological polar surface area (TPSA) is 55.1 Å². The van der Waals surface area contributed by atoms with E-state index in [-0.39, 0.29) is 16.2 Å². The summed E-state index contributed by atoms with van der Waals surface area (Å²) >= 11 is -0.477. The number of nitriles is 1. The zero-order valence-electron chi connectivity index (χ0n) is 10.9. The van der Waals surface area contributed by atoms with Crippen molar-refractivity contribution in [2.24, 2.45) is 0 Å². The van der Waals surface area contributed by atoms with E-state index in [1.165, 1.54) is 0 Å². The second kappa shape index (κ2) is 4.80. The predicted molar refractivity (Wildman–Crippen MR) is 63.7 cm³/mol. The van der Waals surface area contributed by atoms with Crippen LogP contribution in [0.4, 0.5) is 0 Å². The molecule has 0 saturated carbocycles.